The normalized spacial score (nSPS) is 12.3. The first kappa shape index (κ1) is 19.1. The van der Waals surface area contributed by atoms with Gasteiger partial charge >= 0.3 is 5.02 Å². The first-order chi connectivity index (χ1) is 12.0. The van der Waals surface area contributed by atoms with E-state index in [0.717, 1.165) is 6.26 Å². The molecular formula is C15H11Br2F2N3O3S. The highest BCUT2D eigenvalue weighted by Gasteiger charge is 2.26. The molecule has 1 aromatic heterocycles. The van der Waals surface area contributed by atoms with Gasteiger partial charge in [0.25, 0.3) is 0 Å². The average Bonchev–Trinajstić information content (AvgIpc) is 2.82. The molecule has 0 bridgehead atoms. The molecule has 3 rings (SSSR count). The van der Waals surface area contributed by atoms with Gasteiger partial charge in [-0.3, -0.25) is 4.72 Å². The fourth-order valence-corrected chi connectivity index (χ4v) is 3.56. The number of fused-ring (bicyclic) bond motifs is 1. The molecule has 1 N–H and O–H groups in total. The van der Waals surface area contributed by atoms with E-state index in [1.165, 1.54) is 12.1 Å². The van der Waals surface area contributed by atoms with Crippen LogP contribution in [0.5, 0.6) is 5.75 Å². The number of hydrogen-bond donors (Lipinski definition) is 1. The summed E-state index contributed by atoms with van der Waals surface area (Å²) in [6.07, 6.45) is 1.07. The van der Waals surface area contributed by atoms with Crippen LogP contribution in [0, 0.1) is 0 Å². The number of hydrogen-bond acceptors (Lipinski definition) is 4. The second-order valence-electron chi connectivity index (χ2n) is 5.35. The Morgan fingerprint density at radius 2 is 1.85 bits per heavy atom. The fourth-order valence-electron chi connectivity index (χ4n) is 2.34. The molecule has 3 aromatic rings. The molecule has 11 heteroatoms. The second-order valence-corrected chi connectivity index (χ2v) is 8.77. The molecule has 0 spiro atoms. The Kier molecular flexibility index (Phi) is 4.97. The smallest absolute Gasteiger partial charge is 0.424 e. The Balaban J connectivity index is 1.98. The molecule has 0 saturated carbocycles. The maximum atomic E-state index is 12.8. The first-order valence-corrected chi connectivity index (χ1v) is 10.5. The molecule has 0 unspecified atom stereocenters. The molecule has 0 aliphatic heterocycles. The SMILES string of the molecule is CS(=O)(=O)Nc1ccc2c(c1)c(Br)nn2-c1ccc(OC(F)(F)Br)cc1. The molecule has 0 atom stereocenters. The van der Waals surface area contributed by atoms with Crippen LogP contribution in [-0.4, -0.2) is 29.5 Å². The quantitative estimate of drug-likeness (QED) is 0.513. The lowest BCUT2D eigenvalue weighted by Crippen LogP contribution is -2.14. The minimum atomic E-state index is -3.45. The van der Waals surface area contributed by atoms with E-state index in [0.29, 0.717) is 26.9 Å². The molecule has 6 nitrogen and oxygen atoms in total. The molecule has 0 amide bonds. The van der Waals surface area contributed by atoms with Crippen molar-refractivity contribution < 1.29 is 21.9 Å². The summed E-state index contributed by atoms with van der Waals surface area (Å²) in [6, 6.07) is 10.9. The molecule has 138 valence electrons. The maximum Gasteiger partial charge on any atom is 0.459 e. The van der Waals surface area contributed by atoms with Crippen molar-refractivity contribution in [2.75, 3.05) is 11.0 Å². The van der Waals surface area contributed by atoms with Gasteiger partial charge in [-0.2, -0.15) is 13.9 Å². The largest absolute Gasteiger partial charge is 0.459 e. The standard InChI is InChI=1S/C15H11Br2F2N3O3S/c1-26(23,24)21-9-2-7-13-12(8-9)14(16)20-22(13)10-3-5-11(6-4-10)25-15(17,18)19/h2-8,21H,1H3. The molecule has 2 aromatic carbocycles. The number of alkyl halides is 3. The molecule has 0 fully saturated rings. The molecule has 0 aliphatic carbocycles. The Morgan fingerprint density at radius 1 is 1.19 bits per heavy atom. The van der Waals surface area contributed by atoms with Gasteiger partial charge in [0.1, 0.15) is 10.4 Å². The summed E-state index contributed by atoms with van der Waals surface area (Å²) < 4.78 is 57.3. The Hall–Kier alpha value is -1.72. The first-order valence-electron chi connectivity index (χ1n) is 7.04. The third-order valence-electron chi connectivity index (χ3n) is 3.25. The van der Waals surface area contributed by atoms with E-state index < -0.39 is 15.0 Å². The highest BCUT2D eigenvalue weighted by Crippen LogP contribution is 2.31. The van der Waals surface area contributed by atoms with E-state index in [1.807, 2.05) is 0 Å². The van der Waals surface area contributed by atoms with Gasteiger partial charge in [0.05, 0.1) is 17.5 Å². The van der Waals surface area contributed by atoms with Crippen LogP contribution in [0.4, 0.5) is 14.5 Å². The number of nitrogens with one attached hydrogen (secondary N) is 1. The number of sulfonamides is 1. The molecule has 0 radical (unpaired) electrons. The van der Waals surface area contributed by atoms with Crippen LogP contribution in [0.2, 0.25) is 0 Å². The minimum Gasteiger partial charge on any atom is -0.424 e. The van der Waals surface area contributed by atoms with Crippen LogP contribution in [0.3, 0.4) is 0 Å². The van der Waals surface area contributed by atoms with Crippen molar-refractivity contribution in [2.45, 2.75) is 5.02 Å². The summed E-state index contributed by atoms with van der Waals surface area (Å²) in [6.45, 7) is 0. The summed E-state index contributed by atoms with van der Waals surface area (Å²) >= 11 is 5.46. The average molecular weight is 511 g/mol. The van der Waals surface area contributed by atoms with Gasteiger partial charge in [0, 0.05) is 27.0 Å². The summed E-state index contributed by atoms with van der Waals surface area (Å²) in [5, 5.41) is 1.60. The maximum absolute atomic E-state index is 12.8. The third kappa shape index (κ3) is 4.51. The monoisotopic (exact) mass is 509 g/mol. The fraction of sp³-hybridized carbons (Fsp3) is 0.133. The summed E-state index contributed by atoms with van der Waals surface area (Å²) in [4.78, 5) is 0. The van der Waals surface area contributed by atoms with E-state index >= 15 is 0 Å². The zero-order chi connectivity index (χ0) is 19.1. The lowest BCUT2D eigenvalue weighted by atomic mass is 10.2. The van der Waals surface area contributed by atoms with Gasteiger partial charge in [-0.05, 0) is 58.4 Å². The molecule has 0 aliphatic rings. The topological polar surface area (TPSA) is 73.2 Å². The molecule has 26 heavy (non-hydrogen) atoms. The van der Waals surface area contributed by atoms with Crippen molar-refractivity contribution in [3.8, 4) is 11.4 Å². The third-order valence-corrected chi connectivity index (χ3v) is 4.61. The van der Waals surface area contributed by atoms with Gasteiger partial charge < -0.3 is 4.74 Å². The van der Waals surface area contributed by atoms with Gasteiger partial charge in [-0.25, -0.2) is 13.1 Å². The van der Waals surface area contributed by atoms with Gasteiger partial charge in [-0.15, -0.1) is 0 Å². The Bertz CT molecular complexity index is 1060. The second kappa shape index (κ2) is 6.78. The van der Waals surface area contributed by atoms with Crippen molar-refractivity contribution in [1.82, 2.24) is 9.78 Å². The van der Waals surface area contributed by atoms with Crippen LogP contribution in [0.1, 0.15) is 0 Å². The minimum absolute atomic E-state index is 0.00853. The number of ether oxygens (including phenoxy) is 1. The van der Waals surface area contributed by atoms with Crippen LogP contribution in [0.15, 0.2) is 47.1 Å². The zero-order valence-electron chi connectivity index (χ0n) is 13.1. The number of rotatable bonds is 5. The van der Waals surface area contributed by atoms with Gasteiger partial charge in [-0.1, -0.05) is 0 Å². The van der Waals surface area contributed by atoms with E-state index in [9.17, 15) is 17.2 Å². The van der Waals surface area contributed by atoms with Crippen LogP contribution in [-0.2, 0) is 10.0 Å². The predicted octanol–water partition coefficient (Wildman–Crippen LogP) is 4.48. The summed E-state index contributed by atoms with van der Waals surface area (Å²) in [5.41, 5.74) is 1.73. The highest BCUT2D eigenvalue weighted by atomic mass is 79.9. The van der Waals surface area contributed by atoms with Crippen molar-refractivity contribution in [3.63, 3.8) is 0 Å². The van der Waals surface area contributed by atoms with Crippen molar-refractivity contribution in [1.29, 1.82) is 0 Å². The lowest BCUT2D eigenvalue weighted by Gasteiger charge is -2.11. The van der Waals surface area contributed by atoms with E-state index in [-0.39, 0.29) is 5.75 Å². The Morgan fingerprint density at radius 3 is 2.42 bits per heavy atom. The van der Waals surface area contributed by atoms with Crippen LogP contribution >= 0.6 is 31.9 Å². The molecular weight excluding hydrogens is 500 g/mol. The predicted molar refractivity (Wildman–Crippen MR) is 102 cm³/mol. The number of aromatic nitrogens is 2. The molecule has 0 saturated heterocycles. The summed E-state index contributed by atoms with van der Waals surface area (Å²) in [7, 11) is -3.40. The number of anilines is 1. The Labute approximate surface area is 164 Å². The zero-order valence-corrected chi connectivity index (χ0v) is 17.1. The highest BCUT2D eigenvalue weighted by molar-refractivity contribution is 9.10. The number of nitrogens with zero attached hydrogens (tertiary/aromatic N) is 2. The van der Waals surface area contributed by atoms with Crippen LogP contribution in [0.25, 0.3) is 16.6 Å². The van der Waals surface area contributed by atoms with E-state index in [4.69, 9.17) is 0 Å². The van der Waals surface area contributed by atoms with E-state index in [2.05, 4.69) is 46.4 Å². The van der Waals surface area contributed by atoms with Crippen LogP contribution < -0.4 is 9.46 Å². The molecule has 1 heterocycles. The van der Waals surface area contributed by atoms with Crippen molar-refractivity contribution in [3.05, 3.63) is 47.1 Å². The lowest BCUT2D eigenvalue weighted by molar-refractivity contribution is -0.0802. The number of halogens is 4. The van der Waals surface area contributed by atoms with E-state index in [1.54, 1.807) is 35.0 Å². The van der Waals surface area contributed by atoms with Crippen molar-refractivity contribution in [2.24, 2.45) is 0 Å². The number of benzene rings is 2. The van der Waals surface area contributed by atoms with Gasteiger partial charge in [0.2, 0.25) is 10.0 Å². The van der Waals surface area contributed by atoms with Crippen molar-refractivity contribution >= 4 is 58.5 Å². The van der Waals surface area contributed by atoms with Gasteiger partial charge in [0.15, 0.2) is 0 Å². The summed E-state index contributed by atoms with van der Waals surface area (Å²) in [5.74, 6) is -0.00853.